The zero-order valence-corrected chi connectivity index (χ0v) is 16.9. The van der Waals surface area contributed by atoms with Crippen molar-refractivity contribution in [3.63, 3.8) is 0 Å². The van der Waals surface area contributed by atoms with Crippen LogP contribution in [-0.4, -0.2) is 62.5 Å². The van der Waals surface area contributed by atoms with Crippen molar-refractivity contribution >= 4 is 17.7 Å². The molecule has 1 aliphatic carbocycles. The average Bonchev–Trinajstić information content (AvgIpc) is 3.12. The van der Waals surface area contributed by atoms with Crippen molar-refractivity contribution in [3.8, 4) is 0 Å². The zero-order chi connectivity index (χ0) is 17.7. The van der Waals surface area contributed by atoms with Crippen molar-refractivity contribution in [2.45, 2.75) is 63.7 Å². The molecule has 1 heterocycles. The summed E-state index contributed by atoms with van der Waals surface area (Å²) in [6.07, 6.45) is 7.34. The number of rotatable bonds is 10. The molecule has 0 aromatic carbocycles. The van der Waals surface area contributed by atoms with E-state index in [1.54, 1.807) is 0 Å². The van der Waals surface area contributed by atoms with Gasteiger partial charge in [-0.3, -0.25) is 4.99 Å². The Morgan fingerprint density at radius 3 is 2.96 bits per heavy atom. The number of thioether (sulfide) groups is 1. The lowest BCUT2D eigenvalue weighted by molar-refractivity contribution is 0.0893. The maximum absolute atomic E-state index is 5.76. The third-order valence-corrected chi connectivity index (χ3v) is 6.04. The van der Waals surface area contributed by atoms with Crippen molar-refractivity contribution in [1.29, 1.82) is 0 Å². The highest BCUT2D eigenvalue weighted by Crippen LogP contribution is 2.28. The Balaban J connectivity index is 1.63. The fourth-order valence-corrected chi connectivity index (χ4v) is 4.67. The number of aliphatic imine (C=N–C) groups is 1. The second-order valence-corrected chi connectivity index (χ2v) is 8.58. The van der Waals surface area contributed by atoms with E-state index in [1.165, 1.54) is 31.4 Å². The smallest absolute Gasteiger partial charge is 0.191 e. The first-order valence-electron chi connectivity index (χ1n) is 10.1. The lowest BCUT2D eigenvalue weighted by Gasteiger charge is -2.30. The molecular formula is C19H37N3O2S. The highest BCUT2D eigenvalue weighted by molar-refractivity contribution is 7.99. The molecule has 1 saturated carbocycles. The molecule has 3 atom stereocenters. The summed E-state index contributed by atoms with van der Waals surface area (Å²) in [5.41, 5.74) is 0. The molecule has 3 unspecified atom stereocenters. The first-order valence-corrected chi connectivity index (χ1v) is 11.2. The van der Waals surface area contributed by atoms with Crippen LogP contribution in [0, 0.1) is 5.92 Å². The minimum Gasteiger partial charge on any atom is -0.381 e. The van der Waals surface area contributed by atoms with E-state index < -0.39 is 0 Å². The molecule has 6 heteroatoms. The quantitative estimate of drug-likeness (QED) is 0.351. The van der Waals surface area contributed by atoms with Crippen molar-refractivity contribution in [2.24, 2.45) is 10.9 Å². The van der Waals surface area contributed by atoms with E-state index in [9.17, 15) is 0 Å². The van der Waals surface area contributed by atoms with Crippen LogP contribution in [0.3, 0.4) is 0 Å². The summed E-state index contributed by atoms with van der Waals surface area (Å²) in [6.45, 7) is 9.49. The lowest BCUT2D eigenvalue weighted by Crippen LogP contribution is -2.45. The monoisotopic (exact) mass is 371 g/mol. The van der Waals surface area contributed by atoms with Gasteiger partial charge in [0.25, 0.3) is 0 Å². The second kappa shape index (κ2) is 12.8. The van der Waals surface area contributed by atoms with Gasteiger partial charge in [-0.25, -0.2) is 0 Å². The maximum Gasteiger partial charge on any atom is 0.191 e. The van der Waals surface area contributed by atoms with Gasteiger partial charge in [-0.15, -0.1) is 0 Å². The SMILES string of the molecule is CCNC(=NCCCOCC1CCOC1)NC1CCCC(SCC)C1. The van der Waals surface area contributed by atoms with Crippen LogP contribution in [0.4, 0.5) is 0 Å². The number of guanidine groups is 1. The molecule has 0 aromatic rings. The summed E-state index contributed by atoms with van der Waals surface area (Å²) in [6, 6.07) is 0.564. The molecule has 2 rings (SSSR count). The van der Waals surface area contributed by atoms with Crippen molar-refractivity contribution in [1.82, 2.24) is 10.6 Å². The normalized spacial score (nSPS) is 27.4. The molecule has 1 aliphatic heterocycles. The summed E-state index contributed by atoms with van der Waals surface area (Å²) in [5, 5.41) is 7.85. The van der Waals surface area contributed by atoms with E-state index in [4.69, 9.17) is 14.5 Å². The van der Waals surface area contributed by atoms with Gasteiger partial charge in [0.1, 0.15) is 0 Å². The summed E-state index contributed by atoms with van der Waals surface area (Å²) in [5.74, 6) is 2.79. The predicted octanol–water partition coefficient (Wildman–Crippen LogP) is 3.05. The number of hydrogen-bond acceptors (Lipinski definition) is 4. The molecule has 0 radical (unpaired) electrons. The lowest BCUT2D eigenvalue weighted by atomic mass is 9.95. The summed E-state index contributed by atoms with van der Waals surface area (Å²) in [4.78, 5) is 4.73. The van der Waals surface area contributed by atoms with Crippen LogP contribution in [0.2, 0.25) is 0 Å². The molecule has 25 heavy (non-hydrogen) atoms. The van der Waals surface area contributed by atoms with Gasteiger partial charge in [-0.1, -0.05) is 13.3 Å². The molecular weight excluding hydrogens is 334 g/mol. The molecule has 0 bridgehead atoms. The largest absolute Gasteiger partial charge is 0.381 e. The van der Waals surface area contributed by atoms with E-state index in [0.29, 0.717) is 12.0 Å². The minimum atomic E-state index is 0.564. The summed E-state index contributed by atoms with van der Waals surface area (Å²) < 4.78 is 11.1. The number of hydrogen-bond donors (Lipinski definition) is 2. The highest BCUT2D eigenvalue weighted by atomic mass is 32.2. The van der Waals surface area contributed by atoms with E-state index in [-0.39, 0.29) is 0 Å². The van der Waals surface area contributed by atoms with Crippen LogP contribution in [0.15, 0.2) is 4.99 Å². The van der Waals surface area contributed by atoms with Gasteiger partial charge in [0.15, 0.2) is 5.96 Å². The van der Waals surface area contributed by atoms with Gasteiger partial charge in [0.05, 0.1) is 13.2 Å². The molecule has 2 aliphatic rings. The molecule has 0 amide bonds. The maximum atomic E-state index is 5.76. The molecule has 146 valence electrons. The van der Waals surface area contributed by atoms with Gasteiger partial charge in [0.2, 0.25) is 0 Å². The number of nitrogens with one attached hydrogen (secondary N) is 2. The molecule has 2 N–H and O–H groups in total. The van der Waals surface area contributed by atoms with Crippen molar-refractivity contribution in [3.05, 3.63) is 0 Å². The zero-order valence-electron chi connectivity index (χ0n) is 16.1. The standard InChI is InChI=1S/C19H37N3O2S/c1-3-20-19(22-17-7-5-8-18(13-17)25-4-2)21-10-6-11-23-14-16-9-12-24-15-16/h16-18H,3-15H2,1-2H3,(H2,20,21,22). The van der Waals surface area contributed by atoms with E-state index >= 15 is 0 Å². The van der Waals surface area contributed by atoms with Gasteiger partial charge >= 0.3 is 0 Å². The van der Waals surface area contributed by atoms with Crippen LogP contribution < -0.4 is 10.6 Å². The fourth-order valence-electron chi connectivity index (χ4n) is 3.50. The molecule has 2 fully saturated rings. The van der Waals surface area contributed by atoms with Crippen LogP contribution in [0.5, 0.6) is 0 Å². The van der Waals surface area contributed by atoms with Crippen molar-refractivity contribution in [2.75, 3.05) is 45.3 Å². The third kappa shape index (κ3) is 8.65. The van der Waals surface area contributed by atoms with Gasteiger partial charge in [0, 0.05) is 43.5 Å². The first-order chi connectivity index (χ1) is 12.3. The van der Waals surface area contributed by atoms with Crippen LogP contribution in [-0.2, 0) is 9.47 Å². The topological polar surface area (TPSA) is 54.9 Å². The Bertz CT molecular complexity index is 374. The van der Waals surface area contributed by atoms with E-state index in [2.05, 4.69) is 36.2 Å². The average molecular weight is 372 g/mol. The van der Waals surface area contributed by atoms with Gasteiger partial charge < -0.3 is 20.1 Å². The second-order valence-electron chi connectivity index (χ2n) is 7.00. The van der Waals surface area contributed by atoms with Crippen LogP contribution in [0.1, 0.15) is 52.4 Å². The summed E-state index contributed by atoms with van der Waals surface area (Å²) >= 11 is 2.11. The van der Waals surface area contributed by atoms with Crippen LogP contribution >= 0.6 is 11.8 Å². The highest BCUT2D eigenvalue weighted by Gasteiger charge is 2.22. The molecule has 5 nitrogen and oxygen atoms in total. The van der Waals surface area contributed by atoms with E-state index in [1.807, 2.05) is 0 Å². The Morgan fingerprint density at radius 1 is 1.28 bits per heavy atom. The van der Waals surface area contributed by atoms with E-state index in [0.717, 1.165) is 63.6 Å². The van der Waals surface area contributed by atoms with Crippen LogP contribution in [0.25, 0.3) is 0 Å². The number of nitrogens with zero attached hydrogens (tertiary/aromatic N) is 1. The Hall–Kier alpha value is -0.460. The van der Waals surface area contributed by atoms with Gasteiger partial charge in [-0.2, -0.15) is 11.8 Å². The minimum absolute atomic E-state index is 0.564. The van der Waals surface area contributed by atoms with Crippen molar-refractivity contribution < 1.29 is 9.47 Å². The Morgan fingerprint density at radius 2 is 2.20 bits per heavy atom. The van der Waals surface area contributed by atoms with Gasteiger partial charge in [-0.05, 0) is 44.8 Å². The molecule has 1 saturated heterocycles. The fraction of sp³-hybridized carbons (Fsp3) is 0.947. The Labute approximate surface area is 158 Å². The number of ether oxygens (including phenoxy) is 2. The molecule has 0 aromatic heterocycles. The summed E-state index contributed by atoms with van der Waals surface area (Å²) in [7, 11) is 0. The third-order valence-electron chi connectivity index (χ3n) is 4.81. The Kier molecular flexibility index (Phi) is 10.7. The first kappa shape index (κ1) is 20.8. The molecule has 0 spiro atoms. The predicted molar refractivity (Wildman–Crippen MR) is 108 cm³/mol.